The monoisotopic (exact) mass is 400 g/mol. The number of rotatable bonds is 5. The molecule has 2 aromatic heterocycles. The normalized spacial score (nSPS) is 20.8. The summed E-state index contributed by atoms with van der Waals surface area (Å²) in [7, 11) is 0. The standard InChI is InChI=1S/C20H21ClN4O3/c1-11(26)16-7-6-12(9-28-16)25-20-17-14(8-22-19(17)23-10-24-20)18(27)13-4-2-3-5-15(13)21/h2-5,8,10-12,16,26H,6-7,9H2,1H3,(H2,22,23,24,25)/t11?,12-,16+/m1/s1. The molecule has 7 nitrogen and oxygen atoms in total. The minimum atomic E-state index is -0.490. The molecule has 1 aliphatic rings. The highest BCUT2D eigenvalue weighted by atomic mass is 35.5. The molecule has 146 valence electrons. The molecule has 1 aliphatic heterocycles. The topological polar surface area (TPSA) is 100 Å². The third-order valence-corrected chi connectivity index (χ3v) is 5.35. The summed E-state index contributed by atoms with van der Waals surface area (Å²) >= 11 is 6.21. The first-order valence-electron chi connectivity index (χ1n) is 9.22. The number of hydrogen-bond acceptors (Lipinski definition) is 6. The Balaban J connectivity index is 1.63. The van der Waals surface area contributed by atoms with Gasteiger partial charge in [0.05, 0.1) is 40.8 Å². The Labute approximate surface area is 167 Å². The Bertz CT molecular complexity index is 996. The van der Waals surface area contributed by atoms with Gasteiger partial charge in [0.2, 0.25) is 0 Å². The van der Waals surface area contributed by atoms with E-state index in [4.69, 9.17) is 16.3 Å². The number of ketones is 1. The number of nitrogens with one attached hydrogen (secondary N) is 2. The zero-order valence-electron chi connectivity index (χ0n) is 15.4. The second-order valence-corrected chi connectivity index (χ2v) is 7.40. The molecule has 28 heavy (non-hydrogen) atoms. The van der Waals surface area contributed by atoms with Crippen LogP contribution in [0.15, 0.2) is 36.8 Å². The van der Waals surface area contributed by atoms with Crippen molar-refractivity contribution < 1.29 is 14.6 Å². The van der Waals surface area contributed by atoms with Crippen molar-refractivity contribution in [2.24, 2.45) is 0 Å². The lowest BCUT2D eigenvalue weighted by molar-refractivity contribution is -0.0584. The van der Waals surface area contributed by atoms with Gasteiger partial charge in [0.1, 0.15) is 17.8 Å². The number of hydrogen-bond donors (Lipinski definition) is 3. The van der Waals surface area contributed by atoms with Crippen LogP contribution in [0.5, 0.6) is 0 Å². The number of ether oxygens (including phenoxy) is 1. The van der Waals surface area contributed by atoms with E-state index >= 15 is 0 Å². The third kappa shape index (κ3) is 3.61. The van der Waals surface area contributed by atoms with E-state index in [-0.39, 0.29) is 17.9 Å². The summed E-state index contributed by atoms with van der Waals surface area (Å²) in [6, 6.07) is 6.99. The van der Waals surface area contributed by atoms with Crippen LogP contribution in [0.2, 0.25) is 5.02 Å². The van der Waals surface area contributed by atoms with Gasteiger partial charge in [-0.3, -0.25) is 4.79 Å². The first kappa shape index (κ1) is 18.9. The van der Waals surface area contributed by atoms with Crippen LogP contribution >= 0.6 is 11.6 Å². The van der Waals surface area contributed by atoms with Gasteiger partial charge >= 0.3 is 0 Å². The lowest BCUT2D eigenvalue weighted by atomic mass is 10.0. The maximum atomic E-state index is 13.1. The van der Waals surface area contributed by atoms with Crippen molar-refractivity contribution in [1.29, 1.82) is 0 Å². The molecule has 3 heterocycles. The molecule has 0 saturated carbocycles. The van der Waals surface area contributed by atoms with Gasteiger partial charge in [-0.15, -0.1) is 0 Å². The zero-order valence-corrected chi connectivity index (χ0v) is 16.1. The predicted molar refractivity (Wildman–Crippen MR) is 107 cm³/mol. The number of aliphatic hydroxyl groups is 1. The SMILES string of the molecule is CC(O)[C@@H]1CC[C@@H](Nc2ncnc3[nH]cc(C(=O)c4ccccc4Cl)c23)CO1. The lowest BCUT2D eigenvalue weighted by Crippen LogP contribution is -2.39. The molecule has 4 rings (SSSR count). The number of aromatic amines is 1. The van der Waals surface area contributed by atoms with Gasteiger partial charge in [-0.1, -0.05) is 23.7 Å². The number of benzene rings is 1. The molecule has 0 aliphatic carbocycles. The predicted octanol–water partition coefficient (Wildman–Crippen LogP) is 3.18. The van der Waals surface area contributed by atoms with Gasteiger partial charge in [-0.2, -0.15) is 0 Å². The van der Waals surface area contributed by atoms with E-state index in [1.54, 1.807) is 37.4 Å². The number of carbonyl (C=O) groups is 1. The molecule has 1 fully saturated rings. The van der Waals surface area contributed by atoms with Crippen molar-refractivity contribution in [2.45, 2.75) is 38.0 Å². The summed E-state index contributed by atoms with van der Waals surface area (Å²) in [5.41, 5.74) is 1.47. The fraction of sp³-hybridized carbons (Fsp3) is 0.350. The maximum Gasteiger partial charge on any atom is 0.196 e. The molecule has 1 saturated heterocycles. The second-order valence-electron chi connectivity index (χ2n) is 6.99. The molecular weight excluding hydrogens is 380 g/mol. The summed E-state index contributed by atoms with van der Waals surface area (Å²) in [4.78, 5) is 24.7. The fourth-order valence-electron chi connectivity index (χ4n) is 3.50. The number of aromatic nitrogens is 3. The number of halogens is 1. The fourth-order valence-corrected chi connectivity index (χ4v) is 3.72. The quantitative estimate of drug-likeness (QED) is 0.569. The van der Waals surface area contributed by atoms with Crippen LogP contribution in [0, 0.1) is 0 Å². The number of H-pyrrole nitrogens is 1. The molecule has 0 spiro atoms. The largest absolute Gasteiger partial charge is 0.391 e. The van der Waals surface area contributed by atoms with Gasteiger partial charge in [0.25, 0.3) is 0 Å². The van der Waals surface area contributed by atoms with Crippen molar-refractivity contribution in [3.05, 3.63) is 52.9 Å². The minimum absolute atomic E-state index is 0.0336. The Hall–Kier alpha value is -2.48. The van der Waals surface area contributed by atoms with Gasteiger partial charge in [0.15, 0.2) is 5.78 Å². The van der Waals surface area contributed by atoms with Gasteiger partial charge in [-0.05, 0) is 31.9 Å². The number of aliphatic hydroxyl groups excluding tert-OH is 1. The van der Waals surface area contributed by atoms with Gasteiger partial charge < -0.3 is 20.1 Å². The Kier molecular flexibility index (Phi) is 5.30. The van der Waals surface area contributed by atoms with Crippen molar-refractivity contribution in [3.8, 4) is 0 Å². The summed E-state index contributed by atoms with van der Waals surface area (Å²) in [6.07, 6.45) is 4.04. The van der Waals surface area contributed by atoms with E-state index in [1.165, 1.54) is 6.33 Å². The zero-order chi connectivity index (χ0) is 19.7. The summed E-state index contributed by atoms with van der Waals surface area (Å²) in [6.45, 7) is 2.19. The van der Waals surface area contributed by atoms with Crippen molar-refractivity contribution in [1.82, 2.24) is 15.0 Å². The van der Waals surface area contributed by atoms with E-state index in [9.17, 15) is 9.90 Å². The van der Waals surface area contributed by atoms with E-state index in [1.807, 2.05) is 0 Å². The highest BCUT2D eigenvalue weighted by Crippen LogP contribution is 2.29. The molecule has 0 amide bonds. The molecular formula is C20H21ClN4O3. The van der Waals surface area contributed by atoms with Crippen LogP contribution in [-0.4, -0.2) is 50.7 Å². The average molecular weight is 401 g/mol. The van der Waals surface area contributed by atoms with Crippen molar-refractivity contribution in [3.63, 3.8) is 0 Å². The van der Waals surface area contributed by atoms with E-state index in [0.717, 1.165) is 12.8 Å². The van der Waals surface area contributed by atoms with Gasteiger partial charge in [0, 0.05) is 11.8 Å². The van der Waals surface area contributed by atoms with Crippen LogP contribution in [0.25, 0.3) is 11.0 Å². The molecule has 3 aromatic rings. The molecule has 8 heteroatoms. The van der Waals surface area contributed by atoms with E-state index in [0.29, 0.717) is 39.6 Å². The lowest BCUT2D eigenvalue weighted by Gasteiger charge is -2.31. The minimum Gasteiger partial charge on any atom is -0.391 e. The molecule has 0 bridgehead atoms. The third-order valence-electron chi connectivity index (χ3n) is 5.02. The van der Waals surface area contributed by atoms with Gasteiger partial charge in [-0.25, -0.2) is 9.97 Å². The molecule has 3 atom stereocenters. The van der Waals surface area contributed by atoms with Crippen molar-refractivity contribution >= 4 is 34.2 Å². The first-order chi connectivity index (χ1) is 13.5. The van der Waals surface area contributed by atoms with Crippen LogP contribution in [0.1, 0.15) is 35.7 Å². The van der Waals surface area contributed by atoms with Crippen LogP contribution in [0.3, 0.4) is 0 Å². The Morgan fingerprint density at radius 2 is 2.14 bits per heavy atom. The number of fused-ring (bicyclic) bond motifs is 1. The van der Waals surface area contributed by atoms with Crippen LogP contribution in [-0.2, 0) is 4.74 Å². The smallest absolute Gasteiger partial charge is 0.196 e. The highest BCUT2D eigenvalue weighted by Gasteiger charge is 2.26. The van der Waals surface area contributed by atoms with E-state index in [2.05, 4.69) is 20.3 Å². The number of anilines is 1. The molecule has 3 N–H and O–H groups in total. The maximum absolute atomic E-state index is 13.1. The summed E-state index contributed by atoms with van der Waals surface area (Å²) in [5.74, 6) is 0.384. The first-order valence-corrected chi connectivity index (χ1v) is 9.60. The number of nitrogens with zero attached hydrogens (tertiary/aromatic N) is 2. The van der Waals surface area contributed by atoms with E-state index < -0.39 is 6.10 Å². The average Bonchev–Trinajstić information content (AvgIpc) is 3.13. The summed E-state index contributed by atoms with van der Waals surface area (Å²) < 4.78 is 5.73. The molecule has 1 unspecified atom stereocenters. The second kappa shape index (κ2) is 7.87. The Morgan fingerprint density at radius 1 is 1.32 bits per heavy atom. The number of carbonyl (C=O) groups excluding carboxylic acids is 1. The van der Waals surface area contributed by atoms with Crippen molar-refractivity contribution in [2.75, 3.05) is 11.9 Å². The van der Waals surface area contributed by atoms with Crippen LogP contribution in [0.4, 0.5) is 5.82 Å². The summed E-state index contributed by atoms with van der Waals surface area (Å²) in [5, 5.41) is 14.1. The molecule has 0 radical (unpaired) electrons. The molecule has 1 aromatic carbocycles. The van der Waals surface area contributed by atoms with Crippen LogP contribution < -0.4 is 5.32 Å². The highest BCUT2D eigenvalue weighted by molar-refractivity contribution is 6.35. The Morgan fingerprint density at radius 3 is 2.86 bits per heavy atom.